The van der Waals surface area contributed by atoms with E-state index in [0.717, 1.165) is 24.7 Å². The molecule has 3 nitrogen and oxygen atoms in total. The lowest BCUT2D eigenvalue weighted by atomic mass is 10.3. The van der Waals surface area contributed by atoms with Gasteiger partial charge in [-0.15, -0.1) is 0 Å². The number of aromatic nitrogens is 3. The first-order chi connectivity index (χ1) is 8.72. The fourth-order valence-electron chi connectivity index (χ4n) is 1.54. The predicted molar refractivity (Wildman–Crippen MR) is 77.1 cm³/mol. The van der Waals surface area contributed by atoms with Gasteiger partial charge in [-0.2, -0.15) is 0 Å². The maximum atomic E-state index is 13.2. The Labute approximate surface area is 120 Å². The second-order valence-electron chi connectivity index (χ2n) is 3.61. The smallest absolute Gasteiger partial charge is 0.171 e. The van der Waals surface area contributed by atoms with Crippen molar-refractivity contribution < 1.29 is 4.39 Å². The van der Waals surface area contributed by atoms with Crippen molar-refractivity contribution in [3.05, 3.63) is 46.0 Å². The zero-order chi connectivity index (χ0) is 12.5. The van der Waals surface area contributed by atoms with E-state index in [-0.39, 0.29) is 5.82 Å². The van der Waals surface area contributed by atoms with E-state index in [1.54, 1.807) is 18.5 Å². The molecule has 1 N–H and O–H groups in total. The molecule has 0 aliphatic carbocycles. The first-order valence-electron chi connectivity index (χ1n) is 5.15. The Morgan fingerprint density at radius 2 is 2.17 bits per heavy atom. The van der Waals surface area contributed by atoms with E-state index >= 15 is 0 Å². The molecule has 0 atom stereocenters. The van der Waals surface area contributed by atoms with E-state index in [1.807, 2.05) is 6.07 Å². The van der Waals surface area contributed by atoms with Crippen molar-refractivity contribution in [2.75, 3.05) is 0 Å². The summed E-state index contributed by atoms with van der Waals surface area (Å²) >= 11 is 3.59. The Balaban J connectivity index is 1.98. The lowest BCUT2D eigenvalue weighted by molar-refractivity contribution is 0.623. The lowest BCUT2D eigenvalue weighted by Gasteiger charge is -2.01. The van der Waals surface area contributed by atoms with E-state index in [2.05, 4.69) is 37.5 Å². The molecule has 0 aliphatic heterocycles. The Hall–Kier alpha value is -1.15. The van der Waals surface area contributed by atoms with Gasteiger partial charge in [0.2, 0.25) is 0 Å². The van der Waals surface area contributed by atoms with Crippen LogP contribution in [-0.4, -0.2) is 15.0 Å². The molecule has 0 saturated carbocycles. The van der Waals surface area contributed by atoms with Gasteiger partial charge in [-0.3, -0.25) is 4.98 Å². The molecule has 3 aromatic rings. The van der Waals surface area contributed by atoms with Gasteiger partial charge in [-0.25, -0.2) is 9.37 Å². The number of fused-ring (bicyclic) bond motifs is 1. The van der Waals surface area contributed by atoms with Crippen molar-refractivity contribution in [2.45, 2.75) is 10.1 Å². The summed E-state index contributed by atoms with van der Waals surface area (Å²) in [7, 11) is 0. The van der Waals surface area contributed by atoms with Crippen LogP contribution in [0.25, 0.3) is 11.0 Å². The minimum absolute atomic E-state index is 0.240. The van der Waals surface area contributed by atoms with Crippen LogP contribution in [0.2, 0.25) is 0 Å². The number of hydrogen-bond donors (Lipinski definition) is 1. The third-order valence-corrected chi connectivity index (χ3v) is 4.61. The summed E-state index contributed by atoms with van der Waals surface area (Å²) in [5.41, 5.74) is 1.74. The molecule has 2 heterocycles. The fourth-order valence-corrected chi connectivity index (χ4v) is 3.06. The van der Waals surface area contributed by atoms with Gasteiger partial charge in [0.05, 0.1) is 17.2 Å². The summed E-state index contributed by atoms with van der Waals surface area (Å²) in [4.78, 5) is 12.4. The first kappa shape index (κ1) is 11.9. The van der Waals surface area contributed by atoms with Crippen LogP contribution < -0.4 is 0 Å². The highest BCUT2D eigenvalue weighted by Gasteiger charge is 2.08. The van der Waals surface area contributed by atoms with Gasteiger partial charge in [0.15, 0.2) is 5.16 Å². The average molecular weight is 371 g/mol. The van der Waals surface area contributed by atoms with E-state index in [4.69, 9.17) is 0 Å². The molecule has 6 heteroatoms. The number of nitrogens with zero attached hydrogens (tertiary/aromatic N) is 2. The quantitative estimate of drug-likeness (QED) is 0.696. The highest BCUT2D eigenvalue weighted by Crippen LogP contribution is 2.31. The van der Waals surface area contributed by atoms with Gasteiger partial charge in [0.25, 0.3) is 0 Å². The number of rotatable bonds is 2. The number of benzene rings is 1. The zero-order valence-electron chi connectivity index (χ0n) is 9.02. The third-order valence-electron chi connectivity index (χ3n) is 2.36. The van der Waals surface area contributed by atoms with Crippen LogP contribution in [0.15, 0.2) is 46.7 Å². The number of pyridine rings is 1. The molecule has 18 heavy (non-hydrogen) atoms. The second-order valence-corrected chi connectivity index (χ2v) is 5.80. The monoisotopic (exact) mass is 371 g/mol. The Morgan fingerprint density at radius 1 is 1.28 bits per heavy atom. The van der Waals surface area contributed by atoms with Crippen molar-refractivity contribution in [1.29, 1.82) is 0 Å². The van der Waals surface area contributed by atoms with Crippen molar-refractivity contribution in [3.63, 3.8) is 0 Å². The number of aromatic amines is 1. The second kappa shape index (κ2) is 4.85. The number of H-pyrrole nitrogens is 1. The van der Waals surface area contributed by atoms with Crippen LogP contribution in [0.5, 0.6) is 0 Å². The number of hydrogen-bond acceptors (Lipinski definition) is 3. The molecule has 1 aromatic carbocycles. The first-order valence-corrected chi connectivity index (χ1v) is 7.04. The van der Waals surface area contributed by atoms with Crippen molar-refractivity contribution in [2.24, 2.45) is 0 Å². The molecule has 2 aromatic heterocycles. The van der Waals surface area contributed by atoms with Crippen LogP contribution in [0.4, 0.5) is 4.39 Å². The summed E-state index contributed by atoms with van der Waals surface area (Å²) in [5, 5.41) is 0.738. The molecular weight excluding hydrogens is 364 g/mol. The largest absolute Gasteiger partial charge is 0.331 e. The van der Waals surface area contributed by atoms with Crippen molar-refractivity contribution >= 4 is 45.4 Å². The Bertz CT molecular complexity index is 680. The number of halogens is 2. The van der Waals surface area contributed by atoms with Gasteiger partial charge in [0, 0.05) is 14.7 Å². The highest BCUT2D eigenvalue weighted by molar-refractivity contribution is 14.1. The van der Waals surface area contributed by atoms with Gasteiger partial charge in [0.1, 0.15) is 5.82 Å². The Morgan fingerprint density at radius 3 is 3.00 bits per heavy atom. The maximum absolute atomic E-state index is 13.2. The normalized spacial score (nSPS) is 11.0. The van der Waals surface area contributed by atoms with Gasteiger partial charge >= 0.3 is 0 Å². The zero-order valence-corrected chi connectivity index (χ0v) is 12.0. The van der Waals surface area contributed by atoms with E-state index in [9.17, 15) is 4.39 Å². The van der Waals surface area contributed by atoms with Crippen LogP contribution in [0, 0.1) is 9.39 Å². The molecular formula is C12H7FIN3S. The molecule has 0 amide bonds. The van der Waals surface area contributed by atoms with Gasteiger partial charge in [-0.05, 0) is 46.9 Å². The van der Waals surface area contributed by atoms with Crippen LogP contribution in [-0.2, 0) is 0 Å². The molecule has 0 fully saturated rings. The third kappa shape index (κ3) is 2.35. The van der Waals surface area contributed by atoms with Crippen LogP contribution in [0.3, 0.4) is 0 Å². The van der Waals surface area contributed by atoms with E-state index < -0.39 is 0 Å². The molecule has 0 saturated heterocycles. The summed E-state index contributed by atoms with van der Waals surface area (Å²) in [6.45, 7) is 0. The van der Waals surface area contributed by atoms with Crippen LogP contribution in [0.1, 0.15) is 0 Å². The maximum Gasteiger partial charge on any atom is 0.171 e. The van der Waals surface area contributed by atoms with Gasteiger partial charge in [-0.1, -0.05) is 11.8 Å². The number of imidazole rings is 1. The molecule has 90 valence electrons. The van der Waals surface area contributed by atoms with Crippen molar-refractivity contribution in [3.8, 4) is 0 Å². The molecule has 0 bridgehead atoms. The summed E-state index contributed by atoms with van der Waals surface area (Å²) in [6, 6.07) is 6.56. The summed E-state index contributed by atoms with van der Waals surface area (Å²) in [5.74, 6) is -0.240. The summed E-state index contributed by atoms with van der Waals surface area (Å²) in [6.07, 6.45) is 3.42. The average Bonchev–Trinajstić information content (AvgIpc) is 2.76. The lowest BCUT2D eigenvalue weighted by Crippen LogP contribution is -1.83. The Kier molecular flexibility index (Phi) is 3.21. The van der Waals surface area contributed by atoms with Crippen molar-refractivity contribution in [1.82, 2.24) is 15.0 Å². The summed E-state index contributed by atoms with van der Waals surface area (Å²) < 4.78 is 14.2. The number of nitrogens with one attached hydrogen (secondary N) is 1. The van der Waals surface area contributed by atoms with Gasteiger partial charge < -0.3 is 4.98 Å². The predicted octanol–water partition coefficient (Wildman–Crippen LogP) is 3.85. The topological polar surface area (TPSA) is 41.6 Å². The van der Waals surface area contributed by atoms with Crippen LogP contribution >= 0.6 is 34.4 Å². The standard InChI is InChI=1S/C12H7FIN3S/c13-7-1-2-8(14)11(5-7)18-12-16-9-3-4-15-6-10(9)17-12/h1-6H,(H,16,17). The fraction of sp³-hybridized carbons (Fsp3) is 0. The molecule has 3 rings (SSSR count). The molecule has 0 aliphatic rings. The minimum atomic E-state index is -0.240. The highest BCUT2D eigenvalue weighted by atomic mass is 127. The van der Waals surface area contributed by atoms with E-state index in [1.165, 1.54) is 23.9 Å². The minimum Gasteiger partial charge on any atom is -0.331 e. The molecule has 0 spiro atoms. The SMILES string of the molecule is Fc1ccc(I)c(Sc2nc3ccncc3[nH]2)c1. The molecule has 0 unspecified atom stereocenters. The molecule has 0 radical (unpaired) electrons. The van der Waals surface area contributed by atoms with E-state index in [0.29, 0.717) is 0 Å².